The van der Waals surface area contributed by atoms with Gasteiger partial charge in [-0.05, 0) is 79.6 Å². The summed E-state index contributed by atoms with van der Waals surface area (Å²) in [6, 6.07) is 26.8. The molecule has 0 saturated carbocycles. The minimum Gasteiger partial charge on any atom is -0.497 e. The molecule has 0 aliphatic rings. The van der Waals surface area contributed by atoms with Crippen LogP contribution in [0.4, 0.5) is 13.2 Å². The van der Waals surface area contributed by atoms with E-state index in [-0.39, 0.29) is 18.2 Å². The number of likely N-dealkylation sites (N-methyl/N-ethyl adjacent to an activating group) is 1. The number of carbonyl (C=O) groups is 2. The predicted octanol–water partition coefficient (Wildman–Crippen LogP) is 8.19. The highest BCUT2D eigenvalue weighted by Crippen LogP contribution is 2.33. The van der Waals surface area contributed by atoms with Gasteiger partial charge >= 0.3 is 6.18 Å². The number of aromatic nitrogens is 1. The maximum absolute atomic E-state index is 13.7. The van der Waals surface area contributed by atoms with Crippen LogP contribution in [0, 0.1) is 13.8 Å². The van der Waals surface area contributed by atoms with E-state index in [1.165, 1.54) is 12.1 Å². The van der Waals surface area contributed by atoms with E-state index in [0.29, 0.717) is 41.2 Å². The number of ether oxygens (including phenoxy) is 2. The number of alkyl halides is 3. The van der Waals surface area contributed by atoms with Crippen molar-refractivity contribution in [3.63, 3.8) is 0 Å². The fraction of sp³-hybridized carbons (Fsp3) is 0.243. The van der Waals surface area contributed by atoms with Crippen LogP contribution in [0.5, 0.6) is 11.5 Å². The quantitative estimate of drug-likeness (QED) is 0.157. The van der Waals surface area contributed by atoms with Gasteiger partial charge in [-0.15, -0.1) is 0 Å². The first-order chi connectivity index (χ1) is 22.0. The molecule has 1 atom stereocenters. The highest BCUT2D eigenvalue weighted by molar-refractivity contribution is 6.05. The maximum Gasteiger partial charge on any atom is 0.416 e. The third kappa shape index (κ3) is 7.09. The Morgan fingerprint density at radius 1 is 0.870 bits per heavy atom. The molecule has 238 valence electrons. The smallest absolute Gasteiger partial charge is 0.416 e. The SMILES string of the molecule is COc1ccc2c(c1)c(CC(=O)N(C)CCC(Oc1ccc(C(F)(F)F)cc1)c1ccccc1)c(C)n2C(=O)c1ccc(C)cc1. The minimum absolute atomic E-state index is 0.0515. The van der Waals surface area contributed by atoms with Gasteiger partial charge in [0.15, 0.2) is 0 Å². The molecule has 0 bridgehead atoms. The molecule has 1 heterocycles. The van der Waals surface area contributed by atoms with Crippen LogP contribution in [0.15, 0.2) is 97.1 Å². The number of carbonyl (C=O) groups excluding carboxylic acids is 2. The van der Waals surface area contributed by atoms with Gasteiger partial charge in [-0.3, -0.25) is 14.2 Å². The van der Waals surface area contributed by atoms with Gasteiger partial charge in [-0.2, -0.15) is 13.2 Å². The topological polar surface area (TPSA) is 60.8 Å². The average Bonchev–Trinajstić information content (AvgIpc) is 3.32. The lowest BCUT2D eigenvalue weighted by atomic mass is 10.0. The van der Waals surface area contributed by atoms with Gasteiger partial charge in [-0.25, -0.2) is 0 Å². The van der Waals surface area contributed by atoms with E-state index in [1.807, 2.05) is 68.4 Å². The Labute approximate surface area is 266 Å². The molecule has 1 amide bonds. The Bertz CT molecular complexity index is 1830. The second-order valence-electron chi connectivity index (χ2n) is 11.3. The molecule has 0 saturated heterocycles. The molecule has 4 aromatic carbocycles. The molecular formula is C37H35F3N2O4. The predicted molar refractivity (Wildman–Crippen MR) is 171 cm³/mol. The molecule has 0 radical (unpaired) electrons. The molecule has 0 N–H and O–H groups in total. The van der Waals surface area contributed by atoms with Gasteiger partial charge in [-0.1, -0.05) is 48.0 Å². The van der Waals surface area contributed by atoms with Crippen LogP contribution >= 0.6 is 0 Å². The Balaban J connectivity index is 1.36. The zero-order chi connectivity index (χ0) is 33.0. The Hall–Kier alpha value is -5.05. The van der Waals surface area contributed by atoms with Crippen LogP contribution in [0.3, 0.4) is 0 Å². The van der Waals surface area contributed by atoms with Crippen molar-refractivity contribution in [1.82, 2.24) is 9.47 Å². The Morgan fingerprint density at radius 2 is 1.52 bits per heavy atom. The fourth-order valence-corrected chi connectivity index (χ4v) is 5.47. The number of nitrogens with zero attached hydrogens (tertiary/aromatic N) is 2. The monoisotopic (exact) mass is 628 g/mol. The van der Waals surface area contributed by atoms with E-state index >= 15 is 0 Å². The van der Waals surface area contributed by atoms with Gasteiger partial charge in [0.25, 0.3) is 5.91 Å². The molecule has 0 spiro atoms. The molecule has 6 nitrogen and oxygen atoms in total. The largest absolute Gasteiger partial charge is 0.497 e. The lowest BCUT2D eigenvalue weighted by Crippen LogP contribution is -2.31. The molecule has 1 aromatic heterocycles. The van der Waals surface area contributed by atoms with Gasteiger partial charge in [0.05, 0.1) is 24.6 Å². The Morgan fingerprint density at radius 3 is 2.15 bits per heavy atom. The normalized spacial score (nSPS) is 12.2. The zero-order valence-electron chi connectivity index (χ0n) is 26.1. The number of rotatable bonds is 10. The summed E-state index contributed by atoms with van der Waals surface area (Å²) in [5, 5.41) is 0.756. The summed E-state index contributed by atoms with van der Waals surface area (Å²) in [7, 11) is 3.27. The standard InChI is InChI=1S/C37H35F3N2O4/c1-24-10-12-27(13-11-24)36(44)42-25(2)31(32-22-30(45-4)18-19-33(32)42)23-35(43)41(3)21-20-34(26-8-6-5-7-9-26)46-29-16-14-28(15-17-29)37(38,39)40/h5-19,22,34H,20-21,23H2,1-4H3. The molecule has 9 heteroatoms. The third-order valence-electron chi connectivity index (χ3n) is 8.16. The molecule has 1 unspecified atom stereocenters. The van der Waals surface area contributed by atoms with Gasteiger partial charge < -0.3 is 14.4 Å². The van der Waals surface area contributed by atoms with Crippen molar-refractivity contribution in [2.75, 3.05) is 20.7 Å². The van der Waals surface area contributed by atoms with Crippen LogP contribution in [-0.2, 0) is 17.4 Å². The minimum atomic E-state index is -4.44. The van der Waals surface area contributed by atoms with Crippen molar-refractivity contribution in [1.29, 1.82) is 0 Å². The summed E-state index contributed by atoms with van der Waals surface area (Å²) in [5.41, 5.74) is 3.75. The van der Waals surface area contributed by atoms with Crippen molar-refractivity contribution < 1.29 is 32.2 Å². The Kier molecular flexibility index (Phi) is 9.51. The summed E-state index contributed by atoms with van der Waals surface area (Å²) in [4.78, 5) is 28.9. The summed E-state index contributed by atoms with van der Waals surface area (Å²) in [6.07, 6.45) is -4.50. The van der Waals surface area contributed by atoms with E-state index in [2.05, 4.69) is 0 Å². The lowest BCUT2D eigenvalue weighted by Gasteiger charge is -2.24. The first-order valence-corrected chi connectivity index (χ1v) is 14.9. The van der Waals surface area contributed by atoms with E-state index in [4.69, 9.17) is 9.47 Å². The van der Waals surface area contributed by atoms with Crippen molar-refractivity contribution in [2.45, 2.75) is 39.0 Å². The average molecular weight is 629 g/mol. The second kappa shape index (κ2) is 13.5. The van der Waals surface area contributed by atoms with Crippen LogP contribution in [0.1, 0.15) is 50.8 Å². The molecule has 0 aliphatic carbocycles. The molecule has 0 aliphatic heterocycles. The third-order valence-corrected chi connectivity index (χ3v) is 8.16. The summed E-state index contributed by atoms with van der Waals surface area (Å²) in [5.74, 6) is 0.562. The summed E-state index contributed by atoms with van der Waals surface area (Å²) < 4.78 is 52.4. The van der Waals surface area contributed by atoms with Crippen LogP contribution in [0.25, 0.3) is 10.9 Å². The van der Waals surface area contributed by atoms with Crippen molar-refractivity contribution in [2.24, 2.45) is 0 Å². The first-order valence-electron chi connectivity index (χ1n) is 14.9. The molecule has 5 rings (SSSR count). The van der Waals surface area contributed by atoms with Gasteiger partial charge in [0, 0.05) is 36.7 Å². The fourth-order valence-electron chi connectivity index (χ4n) is 5.47. The van der Waals surface area contributed by atoms with E-state index in [1.54, 1.807) is 41.8 Å². The van der Waals surface area contributed by atoms with Gasteiger partial charge in [0.2, 0.25) is 5.91 Å². The number of halogens is 3. The van der Waals surface area contributed by atoms with Crippen molar-refractivity contribution in [3.05, 3.63) is 131 Å². The molecule has 0 fully saturated rings. The van der Waals surface area contributed by atoms with Crippen LogP contribution in [-0.4, -0.2) is 42.0 Å². The molecule has 46 heavy (non-hydrogen) atoms. The number of aryl methyl sites for hydroxylation is 1. The number of fused-ring (bicyclic) bond motifs is 1. The maximum atomic E-state index is 13.7. The number of methoxy groups -OCH3 is 1. The molecule has 5 aromatic rings. The van der Waals surface area contributed by atoms with Crippen molar-refractivity contribution >= 4 is 22.7 Å². The second-order valence-corrected chi connectivity index (χ2v) is 11.3. The summed E-state index contributed by atoms with van der Waals surface area (Å²) in [6.45, 7) is 4.12. The number of hydrogen-bond donors (Lipinski definition) is 0. The van der Waals surface area contributed by atoms with Crippen molar-refractivity contribution in [3.8, 4) is 11.5 Å². The number of amides is 1. The number of benzene rings is 4. The van der Waals surface area contributed by atoms with E-state index < -0.39 is 17.8 Å². The highest BCUT2D eigenvalue weighted by Gasteiger charge is 2.30. The van der Waals surface area contributed by atoms with Crippen LogP contribution < -0.4 is 9.47 Å². The first kappa shape index (κ1) is 32.3. The van der Waals surface area contributed by atoms with E-state index in [9.17, 15) is 22.8 Å². The number of hydrogen-bond acceptors (Lipinski definition) is 4. The van der Waals surface area contributed by atoms with E-state index in [0.717, 1.165) is 34.2 Å². The zero-order valence-corrected chi connectivity index (χ0v) is 26.1. The lowest BCUT2D eigenvalue weighted by molar-refractivity contribution is -0.137. The molecular weight excluding hydrogens is 593 g/mol. The van der Waals surface area contributed by atoms with Crippen LogP contribution in [0.2, 0.25) is 0 Å². The highest BCUT2D eigenvalue weighted by atomic mass is 19.4. The summed E-state index contributed by atoms with van der Waals surface area (Å²) >= 11 is 0. The van der Waals surface area contributed by atoms with Gasteiger partial charge in [0.1, 0.15) is 17.6 Å².